The van der Waals surface area contributed by atoms with Crippen LogP contribution >= 0.6 is 27.5 Å². The maximum absolute atomic E-state index is 5.59. The molecule has 3 heteroatoms. The summed E-state index contributed by atoms with van der Waals surface area (Å²) in [4.78, 5) is 4.01. The summed E-state index contributed by atoms with van der Waals surface area (Å²) in [7, 11) is 0. The van der Waals surface area contributed by atoms with Gasteiger partial charge in [0.05, 0.1) is 5.69 Å². The number of halogens is 2. The van der Waals surface area contributed by atoms with Gasteiger partial charge in [-0.05, 0) is 12.1 Å². The summed E-state index contributed by atoms with van der Waals surface area (Å²) in [6.45, 7) is 0. The minimum atomic E-state index is 0.548. The molecule has 0 radical (unpaired) electrons. The third-order valence-electron chi connectivity index (χ3n) is 0.910. The molecule has 1 nitrogen and oxygen atoms in total. The third-order valence-corrected chi connectivity index (χ3v) is 1.69. The van der Waals surface area contributed by atoms with Gasteiger partial charge in [-0.15, -0.1) is 0 Å². The molecular weight excluding hydrogens is 201 g/mol. The van der Waals surface area contributed by atoms with Crippen molar-refractivity contribution in [2.24, 2.45) is 0 Å². The lowest BCUT2D eigenvalue weighted by Crippen LogP contribution is -1.82. The molecular formula is C6H5BrClN. The van der Waals surface area contributed by atoms with Gasteiger partial charge in [-0.3, -0.25) is 0 Å². The molecule has 0 saturated carbocycles. The summed E-state index contributed by atoms with van der Waals surface area (Å²) in [5.74, 6) is 0. The maximum Gasteiger partial charge on any atom is 0.129 e. The Bertz CT molecular complexity index is 202. The van der Waals surface area contributed by atoms with Crippen LogP contribution < -0.4 is 0 Å². The largest absolute Gasteiger partial charge is 0.240 e. The van der Waals surface area contributed by atoms with E-state index in [-0.39, 0.29) is 0 Å². The Morgan fingerprint density at radius 2 is 2.33 bits per heavy atom. The summed E-state index contributed by atoms with van der Waals surface area (Å²) < 4.78 is 0. The first-order valence-electron chi connectivity index (χ1n) is 2.50. The average molecular weight is 206 g/mol. The van der Waals surface area contributed by atoms with Crippen LogP contribution in [0.15, 0.2) is 18.2 Å². The molecule has 0 N–H and O–H groups in total. The van der Waals surface area contributed by atoms with E-state index in [9.17, 15) is 0 Å². The highest BCUT2D eigenvalue weighted by atomic mass is 79.9. The fourth-order valence-corrected chi connectivity index (χ4v) is 1.02. The van der Waals surface area contributed by atoms with Gasteiger partial charge in [0.25, 0.3) is 0 Å². The lowest BCUT2D eigenvalue weighted by molar-refractivity contribution is 1.19. The Morgan fingerprint density at radius 1 is 1.56 bits per heavy atom. The van der Waals surface area contributed by atoms with E-state index in [0.717, 1.165) is 11.0 Å². The Balaban J connectivity index is 2.94. The number of aromatic nitrogens is 1. The van der Waals surface area contributed by atoms with Crippen molar-refractivity contribution < 1.29 is 0 Å². The predicted octanol–water partition coefficient (Wildman–Crippen LogP) is 2.63. The third kappa shape index (κ3) is 1.95. The first-order valence-corrected chi connectivity index (χ1v) is 4.00. The quantitative estimate of drug-likeness (QED) is 0.508. The Kier molecular flexibility index (Phi) is 2.49. The van der Waals surface area contributed by atoms with E-state index in [1.165, 1.54) is 0 Å². The van der Waals surface area contributed by atoms with E-state index in [1.807, 2.05) is 12.1 Å². The number of rotatable bonds is 1. The van der Waals surface area contributed by atoms with Crippen LogP contribution in [0.1, 0.15) is 5.69 Å². The zero-order chi connectivity index (χ0) is 6.69. The standard InChI is InChI=1S/C6H5BrClN/c7-4-5-2-1-3-6(8)9-5/h1-3H,4H2. The van der Waals surface area contributed by atoms with Gasteiger partial charge in [0, 0.05) is 5.33 Å². The van der Waals surface area contributed by atoms with Crippen molar-refractivity contribution in [3.05, 3.63) is 29.0 Å². The summed E-state index contributed by atoms with van der Waals surface area (Å²) in [5, 5.41) is 1.31. The number of nitrogens with zero attached hydrogens (tertiary/aromatic N) is 1. The van der Waals surface area contributed by atoms with Gasteiger partial charge in [-0.2, -0.15) is 0 Å². The number of alkyl halides is 1. The van der Waals surface area contributed by atoms with Crippen molar-refractivity contribution in [3.63, 3.8) is 0 Å². The second kappa shape index (κ2) is 3.18. The summed E-state index contributed by atoms with van der Waals surface area (Å²) >= 11 is 8.86. The number of hydrogen-bond donors (Lipinski definition) is 0. The monoisotopic (exact) mass is 205 g/mol. The normalized spacial score (nSPS) is 9.56. The van der Waals surface area contributed by atoms with Gasteiger partial charge in [0.15, 0.2) is 0 Å². The van der Waals surface area contributed by atoms with Gasteiger partial charge in [-0.1, -0.05) is 33.6 Å². The van der Waals surface area contributed by atoms with Crippen molar-refractivity contribution >= 4 is 27.5 Å². The molecule has 0 aromatic carbocycles. The molecule has 1 aromatic rings. The van der Waals surface area contributed by atoms with Crippen LogP contribution in [-0.4, -0.2) is 4.98 Å². The zero-order valence-electron chi connectivity index (χ0n) is 4.64. The van der Waals surface area contributed by atoms with E-state index >= 15 is 0 Å². The summed E-state index contributed by atoms with van der Waals surface area (Å²) in [6.07, 6.45) is 0. The number of hydrogen-bond acceptors (Lipinski definition) is 1. The van der Waals surface area contributed by atoms with Crippen LogP contribution in [0.2, 0.25) is 5.15 Å². The van der Waals surface area contributed by atoms with Crippen LogP contribution in [0.3, 0.4) is 0 Å². The van der Waals surface area contributed by atoms with Gasteiger partial charge in [0.1, 0.15) is 5.15 Å². The average Bonchev–Trinajstić information content (AvgIpc) is 1.88. The van der Waals surface area contributed by atoms with Gasteiger partial charge in [-0.25, -0.2) is 4.98 Å². The van der Waals surface area contributed by atoms with Crippen molar-refractivity contribution in [3.8, 4) is 0 Å². The van der Waals surface area contributed by atoms with E-state index in [2.05, 4.69) is 20.9 Å². The molecule has 1 heterocycles. The molecule has 0 fully saturated rings. The maximum atomic E-state index is 5.59. The van der Waals surface area contributed by atoms with Gasteiger partial charge in [0.2, 0.25) is 0 Å². The fraction of sp³-hybridized carbons (Fsp3) is 0.167. The molecule has 1 aromatic heterocycles. The van der Waals surface area contributed by atoms with Crippen molar-refractivity contribution in [1.82, 2.24) is 4.98 Å². The molecule has 0 saturated heterocycles. The molecule has 0 spiro atoms. The highest BCUT2D eigenvalue weighted by Crippen LogP contribution is 2.07. The predicted molar refractivity (Wildman–Crippen MR) is 41.9 cm³/mol. The fourth-order valence-electron chi connectivity index (χ4n) is 0.525. The molecule has 0 aliphatic rings. The highest BCUT2D eigenvalue weighted by molar-refractivity contribution is 9.08. The Morgan fingerprint density at radius 3 is 2.78 bits per heavy atom. The van der Waals surface area contributed by atoms with Crippen LogP contribution in [0.4, 0.5) is 0 Å². The van der Waals surface area contributed by atoms with E-state index in [0.29, 0.717) is 5.15 Å². The lowest BCUT2D eigenvalue weighted by atomic mass is 10.4. The second-order valence-electron chi connectivity index (χ2n) is 1.59. The first-order chi connectivity index (χ1) is 4.33. The highest BCUT2D eigenvalue weighted by Gasteiger charge is 1.90. The molecule has 0 amide bonds. The first kappa shape index (κ1) is 7.03. The van der Waals surface area contributed by atoms with Crippen molar-refractivity contribution in [1.29, 1.82) is 0 Å². The van der Waals surface area contributed by atoms with Gasteiger partial charge >= 0.3 is 0 Å². The topological polar surface area (TPSA) is 12.9 Å². The van der Waals surface area contributed by atoms with E-state index in [4.69, 9.17) is 11.6 Å². The molecule has 0 aliphatic carbocycles. The molecule has 1 rings (SSSR count). The second-order valence-corrected chi connectivity index (χ2v) is 2.53. The smallest absolute Gasteiger partial charge is 0.129 e. The van der Waals surface area contributed by atoms with Crippen LogP contribution in [0, 0.1) is 0 Å². The SMILES string of the molecule is Clc1cccc(CBr)n1. The molecule has 9 heavy (non-hydrogen) atoms. The summed E-state index contributed by atoms with van der Waals surface area (Å²) in [5.41, 5.74) is 0.961. The van der Waals surface area contributed by atoms with Crippen LogP contribution in [0.5, 0.6) is 0 Å². The Hall–Kier alpha value is -0.0800. The van der Waals surface area contributed by atoms with E-state index in [1.54, 1.807) is 6.07 Å². The minimum absolute atomic E-state index is 0.548. The minimum Gasteiger partial charge on any atom is -0.240 e. The lowest BCUT2D eigenvalue weighted by Gasteiger charge is -1.91. The Labute approximate surface area is 67.2 Å². The molecule has 0 unspecified atom stereocenters. The molecule has 0 bridgehead atoms. The van der Waals surface area contributed by atoms with Gasteiger partial charge < -0.3 is 0 Å². The molecule has 48 valence electrons. The van der Waals surface area contributed by atoms with Crippen LogP contribution in [0.25, 0.3) is 0 Å². The van der Waals surface area contributed by atoms with Crippen LogP contribution in [-0.2, 0) is 5.33 Å². The van der Waals surface area contributed by atoms with Crippen molar-refractivity contribution in [2.75, 3.05) is 0 Å². The molecule has 0 aliphatic heterocycles. The summed E-state index contributed by atoms with van der Waals surface area (Å²) in [6, 6.07) is 5.56. The van der Waals surface area contributed by atoms with Crippen molar-refractivity contribution in [2.45, 2.75) is 5.33 Å². The number of pyridine rings is 1. The molecule has 0 atom stereocenters. The van der Waals surface area contributed by atoms with E-state index < -0.39 is 0 Å². The zero-order valence-corrected chi connectivity index (χ0v) is 6.98.